The Hall–Kier alpha value is -0.960. The average molecular weight is 225 g/mol. The molecule has 0 saturated carbocycles. The molecule has 2 rings (SSSR count). The number of hydrogen-bond acceptors (Lipinski definition) is 1. The van der Waals surface area contributed by atoms with Crippen LogP contribution in [0.25, 0.3) is 0 Å². The van der Waals surface area contributed by atoms with E-state index in [1.807, 2.05) is 0 Å². The number of rotatable bonds is 1. The van der Waals surface area contributed by atoms with Crippen molar-refractivity contribution in [3.05, 3.63) is 35.4 Å². The average Bonchev–Trinajstić information content (AvgIpc) is 2.22. The van der Waals surface area contributed by atoms with Gasteiger partial charge >= 0.3 is 0 Å². The fraction of sp³-hybridized carbons (Fsp3) is 0.538. The minimum absolute atomic E-state index is 0.156. The Morgan fingerprint density at radius 1 is 1.25 bits per heavy atom. The number of halogens is 2. The van der Waals surface area contributed by atoms with Crippen LogP contribution < -0.4 is 5.32 Å². The summed E-state index contributed by atoms with van der Waals surface area (Å²) in [7, 11) is 0. The molecule has 1 heterocycles. The van der Waals surface area contributed by atoms with Crippen molar-refractivity contribution in [3.8, 4) is 0 Å². The van der Waals surface area contributed by atoms with Gasteiger partial charge in [0.25, 0.3) is 0 Å². The molecule has 0 radical (unpaired) electrons. The van der Waals surface area contributed by atoms with E-state index in [0.717, 1.165) is 24.9 Å². The van der Waals surface area contributed by atoms with Crippen LogP contribution in [0.1, 0.15) is 38.3 Å². The first kappa shape index (κ1) is 11.5. The summed E-state index contributed by atoms with van der Waals surface area (Å²) in [5, 5.41) is 3.38. The quantitative estimate of drug-likeness (QED) is 0.772. The van der Waals surface area contributed by atoms with Crippen molar-refractivity contribution < 1.29 is 8.78 Å². The van der Waals surface area contributed by atoms with Crippen LogP contribution in [0.4, 0.5) is 8.78 Å². The normalized spacial score (nSPS) is 24.4. The fourth-order valence-electron chi connectivity index (χ4n) is 2.14. The zero-order valence-corrected chi connectivity index (χ0v) is 9.69. The third-order valence-corrected chi connectivity index (χ3v) is 3.28. The van der Waals surface area contributed by atoms with Crippen LogP contribution in [0.5, 0.6) is 0 Å². The van der Waals surface area contributed by atoms with Gasteiger partial charge in [-0.25, -0.2) is 8.78 Å². The molecule has 1 saturated heterocycles. The van der Waals surface area contributed by atoms with Crippen molar-refractivity contribution in [1.29, 1.82) is 0 Å². The van der Waals surface area contributed by atoms with Crippen LogP contribution in [0.2, 0.25) is 0 Å². The minimum atomic E-state index is -0.778. The smallest absolute Gasteiger partial charge is 0.159 e. The van der Waals surface area contributed by atoms with Crippen molar-refractivity contribution in [3.63, 3.8) is 0 Å². The topological polar surface area (TPSA) is 12.0 Å². The SMILES string of the molecule is CC1(C)CC[C@@H](c2ccc(F)c(F)c2)NC1. The van der Waals surface area contributed by atoms with E-state index in [0.29, 0.717) is 5.41 Å². The zero-order chi connectivity index (χ0) is 11.8. The van der Waals surface area contributed by atoms with E-state index < -0.39 is 11.6 Å². The van der Waals surface area contributed by atoms with Crippen molar-refractivity contribution in [2.45, 2.75) is 32.7 Å². The van der Waals surface area contributed by atoms with Gasteiger partial charge in [-0.05, 0) is 36.0 Å². The molecule has 1 aliphatic heterocycles. The van der Waals surface area contributed by atoms with Gasteiger partial charge in [0.2, 0.25) is 0 Å². The van der Waals surface area contributed by atoms with E-state index in [2.05, 4.69) is 19.2 Å². The maximum Gasteiger partial charge on any atom is 0.159 e. The second kappa shape index (κ2) is 4.13. The van der Waals surface area contributed by atoms with E-state index in [1.165, 1.54) is 12.1 Å². The first-order chi connectivity index (χ1) is 7.48. The van der Waals surface area contributed by atoms with E-state index in [1.54, 1.807) is 6.07 Å². The summed E-state index contributed by atoms with van der Waals surface area (Å²) in [5.41, 5.74) is 1.14. The summed E-state index contributed by atoms with van der Waals surface area (Å²) < 4.78 is 25.9. The highest BCUT2D eigenvalue weighted by Gasteiger charge is 2.27. The molecule has 1 aromatic rings. The lowest BCUT2D eigenvalue weighted by Crippen LogP contribution is -2.38. The summed E-state index contributed by atoms with van der Waals surface area (Å²) >= 11 is 0. The van der Waals surface area contributed by atoms with Crippen LogP contribution in [-0.2, 0) is 0 Å². The molecule has 0 spiro atoms. The molecular formula is C13H17F2N. The predicted molar refractivity (Wildman–Crippen MR) is 60.1 cm³/mol. The fourth-order valence-corrected chi connectivity index (χ4v) is 2.14. The summed E-state index contributed by atoms with van der Waals surface area (Å²) in [6, 6.07) is 4.31. The first-order valence-electron chi connectivity index (χ1n) is 5.66. The lowest BCUT2D eigenvalue weighted by molar-refractivity contribution is 0.223. The zero-order valence-electron chi connectivity index (χ0n) is 9.69. The summed E-state index contributed by atoms with van der Waals surface area (Å²) in [5.74, 6) is -1.54. The van der Waals surface area contributed by atoms with Gasteiger partial charge in [-0.2, -0.15) is 0 Å². The van der Waals surface area contributed by atoms with Gasteiger partial charge in [0, 0.05) is 12.6 Å². The Kier molecular flexibility index (Phi) is 2.98. The highest BCUT2D eigenvalue weighted by molar-refractivity contribution is 5.22. The lowest BCUT2D eigenvalue weighted by Gasteiger charge is -2.35. The van der Waals surface area contributed by atoms with Crippen LogP contribution >= 0.6 is 0 Å². The highest BCUT2D eigenvalue weighted by Crippen LogP contribution is 2.33. The Morgan fingerprint density at radius 2 is 2.00 bits per heavy atom. The van der Waals surface area contributed by atoms with Crippen LogP contribution in [0.3, 0.4) is 0 Å². The third kappa shape index (κ3) is 2.40. The Bertz CT molecular complexity index is 378. The summed E-state index contributed by atoms with van der Waals surface area (Å²) in [6.45, 7) is 5.33. The number of nitrogens with one attached hydrogen (secondary N) is 1. The molecule has 0 aromatic heterocycles. The van der Waals surface area contributed by atoms with Gasteiger partial charge in [-0.15, -0.1) is 0 Å². The van der Waals surface area contributed by atoms with Gasteiger partial charge < -0.3 is 5.32 Å². The molecule has 3 heteroatoms. The molecule has 1 aliphatic rings. The van der Waals surface area contributed by atoms with Gasteiger partial charge in [-0.3, -0.25) is 0 Å². The monoisotopic (exact) mass is 225 g/mol. The van der Waals surface area contributed by atoms with E-state index >= 15 is 0 Å². The lowest BCUT2D eigenvalue weighted by atomic mass is 9.81. The molecule has 1 nitrogen and oxygen atoms in total. The molecular weight excluding hydrogens is 208 g/mol. The van der Waals surface area contributed by atoms with Crippen molar-refractivity contribution in [1.82, 2.24) is 5.32 Å². The van der Waals surface area contributed by atoms with Gasteiger partial charge in [0.1, 0.15) is 0 Å². The van der Waals surface area contributed by atoms with Gasteiger partial charge in [0.15, 0.2) is 11.6 Å². The van der Waals surface area contributed by atoms with Crippen LogP contribution in [0.15, 0.2) is 18.2 Å². The van der Waals surface area contributed by atoms with E-state index in [-0.39, 0.29) is 6.04 Å². The summed E-state index contributed by atoms with van der Waals surface area (Å²) in [6.07, 6.45) is 2.07. The minimum Gasteiger partial charge on any atom is -0.309 e. The molecule has 0 amide bonds. The highest BCUT2D eigenvalue weighted by atomic mass is 19.2. The molecule has 0 bridgehead atoms. The third-order valence-electron chi connectivity index (χ3n) is 3.28. The maximum atomic E-state index is 13.1. The Labute approximate surface area is 94.9 Å². The number of benzene rings is 1. The summed E-state index contributed by atoms with van der Waals surface area (Å²) in [4.78, 5) is 0. The number of piperidine rings is 1. The van der Waals surface area contributed by atoms with Gasteiger partial charge in [0.05, 0.1) is 0 Å². The molecule has 1 fully saturated rings. The van der Waals surface area contributed by atoms with E-state index in [4.69, 9.17) is 0 Å². The van der Waals surface area contributed by atoms with Crippen molar-refractivity contribution in [2.24, 2.45) is 5.41 Å². The maximum absolute atomic E-state index is 13.1. The van der Waals surface area contributed by atoms with Crippen molar-refractivity contribution >= 4 is 0 Å². The van der Waals surface area contributed by atoms with Crippen LogP contribution in [0, 0.1) is 17.0 Å². The molecule has 16 heavy (non-hydrogen) atoms. The largest absolute Gasteiger partial charge is 0.309 e. The second-order valence-corrected chi connectivity index (χ2v) is 5.31. The standard InChI is InChI=1S/C13H17F2N/c1-13(2)6-5-12(16-8-13)9-3-4-10(14)11(15)7-9/h3-4,7,12,16H,5-6,8H2,1-2H3/t12-/m0/s1. The van der Waals surface area contributed by atoms with Gasteiger partial charge in [-0.1, -0.05) is 19.9 Å². The van der Waals surface area contributed by atoms with Crippen LogP contribution in [-0.4, -0.2) is 6.54 Å². The predicted octanol–water partition coefficient (Wildman–Crippen LogP) is 3.42. The Morgan fingerprint density at radius 3 is 2.56 bits per heavy atom. The van der Waals surface area contributed by atoms with Crippen molar-refractivity contribution in [2.75, 3.05) is 6.54 Å². The Balaban J connectivity index is 2.11. The molecule has 1 aromatic carbocycles. The first-order valence-corrected chi connectivity index (χ1v) is 5.66. The van der Waals surface area contributed by atoms with E-state index in [9.17, 15) is 8.78 Å². The molecule has 1 atom stereocenters. The number of hydrogen-bond donors (Lipinski definition) is 1. The molecule has 1 N–H and O–H groups in total. The molecule has 88 valence electrons. The molecule has 0 unspecified atom stereocenters. The second-order valence-electron chi connectivity index (χ2n) is 5.31. The molecule has 0 aliphatic carbocycles.